The maximum Gasteiger partial charge on any atom is 0.264 e. The van der Waals surface area contributed by atoms with Crippen LogP contribution in [0.1, 0.15) is 43.7 Å². The van der Waals surface area contributed by atoms with Crippen LogP contribution in [-0.2, 0) is 26.2 Å². The molecule has 0 bridgehead atoms. The highest BCUT2D eigenvalue weighted by Gasteiger charge is 2.33. The predicted molar refractivity (Wildman–Crippen MR) is 182 cm³/mol. The average molecular weight is 656 g/mol. The summed E-state index contributed by atoms with van der Waals surface area (Å²) in [5.74, 6) is 1.02. The fraction of sp³-hybridized carbons (Fsp3) is 0.297. The highest BCUT2D eigenvalue weighted by Crippen LogP contribution is 2.29. The molecule has 0 radical (unpaired) electrons. The van der Waals surface area contributed by atoms with E-state index >= 15 is 0 Å². The van der Waals surface area contributed by atoms with Gasteiger partial charge in [0, 0.05) is 12.6 Å². The maximum absolute atomic E-state index is 14.3. The van der Waals surface area contributed by atoms with Crippen LogP contribution in [0.5, 0.6) is 17.2 Å². The van der Waals surface area contributed by atoms with E-state index in [1.807, 2.05) is 49.4 Å². The number of benzene rings is 4. The van der Waals surface area contributed by atoms with Crippen LogP contribution in [0.3, 0.4) is 0 Å². The van der Waals surface area contributed by atoms with Crippen molar-refractivity contribution in [1.82, 2.24) is 10.2 Å². The van der Waals surface area contributed by atoms with Gasteiger partial charge in [-0.25, -0.2) is 8.42 Å². The number of ether oxygens (including phenoxy) is 2. The molecule has 0 aromatic heterocycles. The van der Waals surface area contributed by atoms with Gasteiger partial charge in [0.1, 0.15) is 29.8 Å². The van der Waals surface area contributed by atoms with E-state index in [9.17, 15) is 18.0 Å². The summed E-state index contributed by atoms with van der Waals surface area (Å²) in [5.41, 5.74) is 1.96. The minimum atomic E-state index is -4.19. The smallest absolute Gasteiger partial charge is 0.264 e. The molecule has 1 atom stereocenters. The summed E-state index contributed by atoms with van der Waals surface area (Å²) < 4.78 is 40.6. The van der Waals surface area contributed by atoms with Crippen molar-refractivity contribution < 1.29 is 27.5 Å². The van der Waals surface area contributed by atoms with Gasteiger partial charge in [-0.1, -0.05) is 60.9 Å². The topological polar surface area (TPSA) is 105 Å². The zero-order valence-corrected chi connectivity index (χ0v) is 27.8. The molecule has 1 aliphatic rings. The van der Waals surface area contributed by atoms with Crippen molar-refractivity contribution in [2.24, 2.45) is 0 Å². The zero-order valence-electron chi connectivity index (χ0n) is 27.0. The summed E-state index contributed by atoms with van der Waals surface area (Å²) in [6, 6.07) is 28.7. The number of methoxy groups -OCH3 is 1. The monoisotopic (exact) mass is 655 g/mol. The lowest BCUT2D eigenvalue weighted by Gasteiger charge is -2.32. The molecular formula is C37H41N3O6S. The van der Waals surface area contributed by atoms with Crippen LogP contribution < -0.4 is 19.1 Å². The first-order valence-electron chi connectivity index (χ1n) is 15.8. The molecule has 4 aromatic rings. The fourth-order valence-corrected chi connectivity index (χ4v) is 6.99. The number of para-hydroxylation sites is 1. The minimum absolute atomic E-state index is 0.0502. The molecule has 10 heteroatoms. The van der Waals surface area contributed by atoms with Gasteiger partial charge in [0.25, 0.3) is 10.0 Å². The van der Waals surface area contributed by atoms with E-state index in [0.717, 1.165) is 41.1 Å². The summed E-state index contributed by atoms with van der Waals surface area (Å²) in [6.45, 7) is 3.13. The van der Waals surface area contributed by atoms with E-state index in [-0.39, 0.29) is 29.1 Å². The first-order valence-corrected chi connectivity index (χ1v) is 17.2. The molecule has 5 rings (SSSR count). The lowest BCUT2D eigenvalue weighted by atomic mass is 10.1. The first-order chi connectivity index (χ1) is 22.6. The van der Waals surface area contributed by atoms with E-state index < -0.39 is 28.5 Å². The second-order valence-corrected chi connectivity index (χ2v) is 13.6. The first kappa shape index (κ1) is 33.5. The van der Waals surface area contributed by atoms with Crippen molar-refractivity contribution in [1.29, 1.82) is 0 Å². The van der Waals surface area contributed by atoms with E-state index in [1.54, 1.807) is 62.6 Å². The van der Waals surface area contributed by atoms with Crippen LogP contribution in [0.2, 0.25) is 0 Å². The molecule has 0 aliphatic heterocycles. The lowest BCUT2D eigenvalue weighted by molar-refractivity contribution is -0.139. The van der Waals surface area contributed by atoms with Crippen molar-refractivity contribution in [3.05, 3.63) is 114 Å². The molecule has 1 N–H and O–H groups in total. The van der Waals surface area contributed by atoms with Crippen LogP contribution in [0.4, 0.5) is 5.69 Å². The summed E-state index contributed by atoms with van der Waals surface area (Å²) >= 11 is 0. The summed E-state index contributed by atoms with van der Waals surface area (Å²) in [7, 11) is -2.62. The number of sulfonamides is 1. The van der Waals surface area contributed by atoms with E-state index in [1.165, 1.54) is 17.0 Å². The molecule has 0 spiro atoms. The van der Waals surface area contributed by atoms with Crippen molar-refractivity contribution in [2.75, 3.05) is 18.0 Å². The highest BCUT2D eigenvalue weighted by molar-refractivity contribution is 7.92. The van der Waals surface area contributed by atoms with E-state index in [0.29, 0.717) is 17.2 Å². The summed E-state index contributed by atoms with van der Waals surface area (Å²) in [6.07, 6.45) is 3.90. The third kappa shape index (κ3) is 8.51. The molecule has 47 heavy (non-hydrogen) atoms. The molecule has 9 nitrogen and oxygen atoms in total. The standard InChI is InChI=1S/C37H41N3O6S/c1-27-13-23-35(24-14-27)47(43,44)40(31-17-21-34(22-18-31)46-33-11-5-4-6-12-33)26-36(41)39(25-29-15-19-32(45-3)20-16-29)28(2)37(42)38-30-9-7-8-10-30/h4-6,11-24,28,30H,7-10,25-26H2,1-3H3,(H,38,42)/t28-/m0/s1. The molecule has 0 unspecified atom stereocenters. The quantitative estimate of drug-likeness (QED) is 0.177. The number of aryl methyl sites for hydroxylation is 1. The zero-order chi connectivity index (χ0) is 33.4. The number of nitrogens with zero attached hydrogens (tertiary/aromatic N) is 2. The SMILES string of the molecule is COc1ccc(CN(C(=O)CN(c2ccc(Oc3ccccc3)cc2)S(=O)(=O)c2ccc(C)cc2)[C@@H](C)C(=O)NC2CCCC2)cc1. The fourth-order valence-electron chi connectivity index (χ4n) is 5.57. The van der Waals surface area contributed by atoms with Gasteiger partial charge >= 0.3 is 0 Å². The summed E-state index contributed by atoms with van der Waals surface area (Å²) in [4.78, 5) is 29.2. The van der Waals surface area contributed by atoms with E-state index in [4.69, 9.17) is 9.47 Å². The highest BCUT2D eigenvalue weighted by atomic mass is 32.2. The Balaban J connectivity index is 1.46. The maximum atomic E-state index is 14.3. The molecule has 0 heterocycles. The van der Waals surface area contributed by atoms with Crippen molar-refractivity contribution in [3.8, 4) is 17.2 Å². The van der Waals surface area contributed by atoms with Gasteiger partial charge in [-0.2, -0.15) is 0 Å². The Morgan fingerprint density at radius 2 is 1.43 bits per heavy atom. The molecule has 246 valence electrons. The van der Waals surface area contributed by atoms with Crippen LogP contribution in [0.25, 0.3) is 0 Å². The molecule has 0 saturated heterocycles. The van der Waals surface area contributed by atoms with Gasteiger partial charge in [0.05, 0.1) is 17.7 Å². The number of hydrogen-bond donors (Lipinski definition) is 1. The Labute approximate surface area is 277 Å². The van der Waals surface area contributed by atoms with E-state index in [2.05, 4.69) is 5.32 Å². The molecule has 4 aromatic carbocycles. The third-order valence-electron chi connectivity index (χ3n) is 8.37. The second kappa shape index (κ2) is 15.2. The predicted octanol–water partition coefficient (Wildman–Crippen LogP) is 6.47. The Kier molecular flexibility index (Phi) is 10.8. The summed E-state index contributed by atoms with van der Waals surface area (Å²) in [5, 5.41) is 3.09. The van der Waals surface area contributed by atoms with Gasteiger partial charge in [0.15, 0.2) is 0 Å². The molecule has 1 aliphatic carbocycles. The second-order valence-electron chi connectivity index (χ2n) is 11.8. The number of carbonyl (C=O) groups excluding carboxylic acids is 2. The Morgan fingerprint density at radius 3 is 2.04 bits per heavy atom. The molecule has 1 saturated carbocycles. The normalized spacial score (nSPS) is 13.9. The average Bonchev–Trinajstić information content (AvgIpc) is 3.60. The van der Waals surface area contributed by atoms with Crippen molar-refractivity contribution in [3.63, 3.8) is 0 Å². The largest absolute Gasteiger partial charge is 0.497 e. The van der Waals surface area contributed by atoms with Crippen LogP contribution in [0.15, 0.2) is 108 Å². The molecular weight excluding hydrogens is 614 g/mol. The number of anilines is 1. The van der Waals surface area contributed by atoms with Crippen molar-refractivity contribution in [2.45, 2.75) is 63.1 Å². The van der Waals surface area contributed by atoms with Gasteiger partial charge < -0.3 is 19.7 Å². The van der Waals surface area contributed by atoms with Crippen molar-refractivity contribution >= 4 is 27.5 Å². The lowest BCUT2D eigenvalue weighted by Crippen LogP contribution is -2.52. The van der Waals surface area contributed by atoms with Gasteiger partial charge in [-0.05, 0) is 92.9 Å². The van der Waals surface area contributed by atoms with Crippen LogP contribution >= 0.6 is 0 Å². The number of rotatable bonds is 13. The Morgan fingerprint density at radius 1 is 0.830 bits per heavy atom. The van der Waals surface area contributed by atoms with Crippen LogP contribution in [0, 0.1) is 6.92 Å². The number of amides is 2. The number of nitrogens with one attached hydrogen (secondary N) is 1. The molecule has 2 amide bonds. The Hall–Kier alpha value is -4.83. The van der Waals surface area contributed by atoms with Crippen LogP contribution in [-0.4, -0.2) is 50.9 Å². The molecule has 1 fully saturated rings. The van der Waals surface area contributed by atoms with Gasteiger partial charge in [-0.15, -0.1) is 0 Å². The van der Waals surface area contributed by atoms with Gasteiger partial charge in [-0.3, -0.25) is 13.9 Å². The number of carbonyl (C=O) groups is 2. The third-order valence-corrected chi connectivity index (χ3v) is 10.2. The van der Waals surface area contributed by atoms with Gasteiger partial charge in [0.2, 0.25) is 11.8 Å². The number of hydrogen-bond acceptors (Lipinski definition) is 6. The Bertz CT molecular complexity index is 1740. The minimum Gasteiger partial charge on any atom is -0.497 e.